The molecular formula is C13H25N3OS2. The predicted octanol–water partition coefficient (Wildman–Crippen LogP) is 2.59. The maximum Gasteiger partial charge on any atom is 0.185 e. The molecule has 0 saturated heterocycles. The van der Waals surface area contributed by atoms with Gasteiger partial charge in [-0.2, -0.15) is 11.8 Å². The lowest BCUT2D eigenvalue weighted by molar-refractivity contribution is 0.181. The summed E-state index contributed by atoms with van der Waals surface area (Å²) < 4.78 is 5.23. The van der Waals surface area contributed by atoms with E-state index in [0.717, 1.165) is 17.4 Å². The number of anilines is 1. The average Bonchev–Trinajstić information content (AvgIpc) is 2.79. The van der Waals surface area contributed by atoms with Gasteiger partial charge in [-0.25, -0.2) is 4.98 Å². The molecule has 1 unspecified atom stereocenters. The molecule has 1 aromatic heterocycles. The van der Waals surface area contributed by atoms with E-state index < -0.39 is 0 Å². The van der Waals surface area contributed by atoms with E-state index >= 15 is 0 Å². The number of methoxy groups -OCH3 is 1. The number of nitrogens with zero attached hydrogens (tertiary/aromatic N) is 2. The molecular weight excluding hydrogens is 278 g/mol. The Balaban J connectivity index is 2.78. The van der Waals surface area contributed by atoms with Crippen LogP contribution in [0.25, 0.3) is 0 Å². The van der Waals surface area contributed by atoms with E-state index in [0.29, 0.717) is 12.6 Å². The number of rotatable bonds is 9. The number of thioether (sulfide) groups is 1. The maximum atomic E-state index is 5.23. The molecule has 1 rings (SSSR count). The molecule has 0 bridgehead atoms. The van der Waals surface area contributed by atoms with Crippen LogP contribution in [0, 0.1) is 0 Å². The molecule has 0 aliphatic heterocycles. The van der Waals surface area contributed by atoms with Gasteiger partial charge < -0.3 is 15.0 Å². The van der Waals surface area contributed by atoms with Crippen molar-refractivity contribution in [2.75, 3.05) is 38.1 Å². The van der Waals surface area contributed by atoms with Crippen LogP contribution in [0.15, 0.2) is 0 Å². The largest absolute Gasteiger partial charge is 0.378 e. The van der Waals surface area contributed by atoms with Gasteiger partial charge in [0, 0.05) is 31.6 Å². The van der Waals surface area contributed by atoms with Crippen LogP contribution in [0.4, 0.5) is 5.13 Å². The van der Waals surface area contributed by atoms with E-state index in [9.17, 15) is 0 Å². The Morgan fingerprint density at radius 1 is 1.53 bits per heavy atom. The SMILES string of the molecule is CNCc1sc(N(C)C(C)CCSC)nc1COC. The zero-order valence-electron chi connectivity index (χ0n) is 12.5. The van der Waals surface area contributed by atoms with Crippen molar-refractivity contribution in [1.29, 1.82) is 0 Å². The van der Waals surface area contributed by atoms with Crippen molar-refractivity contribution in [3.8, 4) is 0 Å². The summed E-state index contributed by atoms with van der Waals surface area (Å²) in [5.74, 6) is 1.19. The van der Waals surface area contributed by atoms with Crippen LogP contribution in [-0.4, -0.2) is 44.2 Å². The van der Waals surface area contributed by atoms with E-state index in [-0.39, 0.29) is 0 Å². The summed E-state index contributed by atoms with van der Waals surface area (Å²) in [6, 6.07) is 0.511. The molecule has 0 aliphatic rings. The summed E-state index contributed by atoms with van der Waals surface area (Å²) in [7, 11) is 5.80. The van der Waals surface area contributed by atoms with Gasteiger partial charge in [-0.05, 0) is 32.4 Å². The first kappa shape index (κ1) is 16.8. The van der Waals surface area contributed by atoms with Crippen LogP contribution in [-0.2, 0) is 17.9 Å². The molecule has 0 radical (unpaired) electrons. The zero-order valence-corrected chi connectivity index (χ0v) is 14.2. The van der Waals surface area contributed by atoms with Crippen LogP contribution in [0.1, 0.15) is 23.9 Å². The molecule has 0 aliphatic carbocycles. The molecule has 1 atom stereocenters. The highest BCUT2D eigenvalue weighted by molar-refractivity contribution is 7.98. The van der Waals surface area contributed by atoms with Gasteiger partial charge in [-0.3, -0.25) is 0 Å². The Morgan fingerprint density at radius 2 is 2.26 bits per heavy atom. The second-order valence-corrected chi connectivity index (χ2v) is 6.62. The minimum absolute atomic E-state index is 0.511. The fraction of sp³-hybridized carbons (Fsp3) is 0.769. The van der Waals surface area contributed by atoms with Crippen molar-refractivity contribution in [3.05, 3.63) is 10.6 Å². The Hall–Kier alpha value is -0.300. The molecule has 1 aromatic rings. The van der Waals surface area contributed by atoms with E-state index in [1.54, 1.807) is 18.4 Å². The first-order chi connectivity index (χ1) is 9.13. The third-order valence-electron chi connectivity index (χ3n) is 3.09. The summed E-state index contributed by atoms with van der Waals surface area (Å²) in [5.41, 5.74) is 1.06. The molecule has 6 heteroatoms. The molecule has 0 aromatic carbocycles. The van der Waals surface area contributed by atoms with Gasteiger partial charge in [-0.15, -0.1) is 11.3 Å². The molecule has 0 fully saturated rings. The smallest absolute Gasteiger partial charge is 0.185 e. The Kier molecular flexibility index (Phi) is 7.75. The van der Waals surface area contributed by atoms with Crippen molar-refractivity contribution in [2.24, 2.45) is 0 Å². The first-order valence-corrected chi connectivity index (χ1v) is 8.68. The summed E-state index contributed by atoms with van der Waals surface area (Å²) >= 11 is 3.65. The minimum Gasteiger partial charge on any atom is -0.378 e. The second kappa shape index (κ2) is 8.79. The van der Waals surface area contributed by atoms with E-state index in [1.807, 2.05) is 18.8 Å². The number of hydrogen-bond donors (Lipinski definition) is 1. The van der Waals surface area contributed by atoms with Crippen LogP contribution >= 0.6 is 23.1 Å². The highest BCUT2D eigenvalue weighted by atomic mass is 32.2. The second-order valence-electron chi connectivity index (χ2n) is 4.57. The molecule has 0 amide bonds. The maximum absolute atomic E-state index is 5.23. The lowest BCUT2D eigenvalue weighted by atomic mass is 10.2. The highest BCUT2D eigenvalue weighted by Crippen LogP contribution is 2.28. The fourth-order valence-corrected chi connectivity index (χ4v) is 3.46. The molecule has 1 N–H and O–H groups in total. The number of aromatic nitrogens is 1. The van der Waals surface area contributed by atoms with Crippen molar-refractivity contribution in [1.82, 2.24) is 10.3 Å². The Morgan fingerprint density at radius 3 is 2.84 bits per heavy atom. The van der Waals surface area contributed by atoms with Gasteiger partial charge in [-0.1, -0.05) is 0 Å². The molecule has 0 saturated carbocycles. The van der Waals surface area contributed by atoms with Crippen LogP contribution in [0.3, 0.4) is 0 Å². The normalized spacial score (nSPS) is 12.7. The van der Waals surface area contributed by atoms with Crippen LogP contribution in [0.2, 0.25) is 0 Å². The van der Waals surface area contributed by atoms with Crippen molar-refractivity contribution < 1.29 is 4.74 Å². The van der Waals surface area contributed by atoms with Gasteiger partial charge in [0.05, 0.1) is 12.3 Å². The fourth-order valence-electron chi connectivity index (χ4n) is 1.74. The molecule has 19 heavy (non-hydrogen) atoms. The van der Waals surface area contributed by atoms with Gasteiger partial charge in [0.1, 0.15) is 0 Å². The van der Waals surface area contributed by atoms with Gasteiger partial charge in [0.25, 0.3) is 0 Å². The summed E-state index contributed by atoms with van der Waals surface area (Å²) in [4.78, 5) is 8.26. The van der Waals surface area contributed by atoms with Crippen molar-refractivity contribution >= 4 is 28.2 Å². The van der Waals surface area contributed by atoms with Crippen LogP contribution < -0.4 is 10.2 Å². The topological polar surface area (TPSA) is 37.4 Å². The minimum atomic E-state index is 0.511. The van der Waals surface area contributed by atoms with Crippen LogP contribution in [0.5, 0.6) is 0 Å². The van der Waals surface area contributed by atoms with Crippen molar-refractivity contribution in [2.45, 2.75) is 32.5 Å². The average molecular weight is 303 g/mol. The summed E-state index contributed by atoms with van der Waals surface area (Å²) in [6.07, 6.45) is 3.33. The third-order valence-corrected chi connectivity index (χ3v) is 4.92. The number of thiazole rings is 1. The zero-order chi connectivity index (χ0) is 14.3. The Bertz CT molecular complexity index is 347. The monoisotopic (exact) mass is 303 g/mol. The lowest BCUT2D eigenvalue weighted by Gasteiger charge is -2.23. The molecule has 4 nitrogen and oxygen atoms in total. The molecule has 110 valence electrons. The van der Waals surface area contributed by atoms with E-state index in [2.05, 4.69) is 30.4 Å². The number of nitrogens with one attached hydrogen (secondary N) is 1. The highest BCUT2D eigenvalue weighted by Gasteiger charge is 2.17. The molecule has 1 heterocycles. The van der Waals surface area contributed by atoms with E-state index in [4.69, 9.17) is 9.72 Å². The van der Waals surface area contributed by atoms with Gasteiger partial charge in [0.15, 0.2) is 5.13 Å². The van der Waals surface area contributed by atoms with Gasteiger partial charge >= 0.3 is 0 Å². The predicted molar refractivity (Wildman–Crippen MR) is 86.5 cm³/mol. The molecule has 0 spiro atoms. The van der Waals surface area contributed by atoms with E-state index in [1.165, 1.54) is 17.1 Å². The summed E-state index contributed by atoms with van der Waals surface area (Å²) in [5, 5.41) is 4.28. The Labute approximate surface area is 124 Å². The third kappa shape index (κ3) is 4.95. The first-order valence-electron chi connectivity index (χ1n) is 6.47. The summed E-state index contributed by atoms with van der Waals surface area (Å²) in [6.45, 7) is 3.69. The quantitative estimate of drug-likeness (QED) is 0.759. The number of hydrogen-bond acceptors (Lipinski definition) is 6. The lowest BCUT2D eigenvalue weighted by Crippen LogP contribution is -2.29. The number of ether oxygens (including phenoxy) is 1. The van der Waals surface area contributed by atoms with Gasteiger partial charge in [0.2, 0.25) is 0 Å². The van der Waals surface area contributed by atoms with Crippen molar-refractivity contribution in [3.63, 3.8) is 0 Å². The standard InChI is InChI=1S/C13H25N3OS2/c1-10(6-7-18-5)16(3)13-15-11(9-17-4)12(19-13)8-14-2/h10,14H,6-9H2,1-5H3.